The van der Waals surface area contributed by atoms with E-state index in [9.17, 15) is 19.2 Å². The van der Waals surface area contributed by atoms with E-state index in [2.05, 4.69) is 65.9 Å². The van der Waals surface area contributed by atoms with Crippen LogP contribution in [0.15, 0.2) is 30.3 Å². The fraction of sp³-hybridized carbons (Fsp3) is 0.697. The Morgan fingerprint density at radius 2 is 1.20 bits per heavy atom. The molecule has 1 heterocycles. The zero-order valence-corrected chi connectivity index (χ0v) is 28.1. The van der Waals surface area contributed by atoms with E-state index in [0.717, 1.165) is 12.8 Å². The number of amides is 1. The van der Waals surface area contributed by atoms with E-state index >= 15 is 0 Å². The van der Waals surface area contributed by atoms with Gasteiger partial charge in [-0.05, 0) is 44.1 Å². The number of benzene rings is 1. The average Bonchev–Trinajstić information content (AvgIpc) is 3.19. The Balaban J connectivity index is -0.000000448. The SMILES string of the molecule is CC.CC1C(=O)OC(=O)C1C.CCC(C)(C)C(=O)NC.CCC(C)(C)C(=O)OC.CCC(C)(C)c1ccccc1. The maximum atomic E-state index is 11.0. The van der Waals surface area contributed by atoms with E-state index in [0.29, 0.717) is 5.41 Å². The molecule has 1 aromatic rings. The lowest BCUT2D eigenvalue weighted by Gasteiger charge is -2.22. The van der Waals surface area contributed by atoms with Gasteiger partial charge in [-0.25, -0.2) is 0 Å². The fourth-order valence-corrected chi connectivity index (χ4v) is 2.71. The molecule has 0 spiro atoms. The van der Waals surface area contributed by atoms with Crippen LogP contribution in [0.5, 0.6) is 0 Å². The lowest BCUT2D eigenvalue weighted by Crippen LogP contribution is -2.33. The van der Waals surface area contributed by atoms with Gasteiger partial charge in [-0.3, -0.25) is 19.2 Å². The number of methoxy groups -OCH3 is 1. The Morgan fingerprint density at radius 3 is 1.40 bits per heavy atom. The van der Waals surface area contributed by atoms with Gasteiger partial charge in [0.1, 0.15) is 0 Å². The number of nitrogens with one attached hydrogen (secondary N) is 1. The number of carbonyl (C=O) groups is 4. The smallest absolute Gasteiger partial charge is 0.317 e. The van der Waals surface area contributed by atoms with Gasteiger partial charge < -0.3 is 14.8 Å². The quantitative estimate of drug-likeness (QED) is 0.283. The molecule has 1 N–H and O–H groups in total. The Kier molecular flexibility index (Phi) is 21.1. The molecule has 7 nitrogen and oxygen atoms in total. The van der Waals surface area contributed by atoms with Crippen LogP contribution in [0.4, 0.5) is 0 Å². The molecule has 1 fully saturated rings. The average molecular weight is 566 g/mol. The van der Waals surface area contributed by atoms with Crippen molar-refractivity contribution in [1.82, 2.24) is 5.32 Å². The van der Waals surface area contributed by atoms with Crippen molar-refractivity contribution in [3.8, 4) is 0 Å². The van der Waals surface area contributed by atoms with Gasteiger partial charge in [0, 0.05) is 12.5 Å². The molecule has 0 aromatic heterocycles. The van der Waals surface area contributed by atoms with Gasteiger partial charge in [-0.15, -0.1) is 0 Å². The third-order valence-electron chi connectivity index (χ3n) is 7.48. The van der Waals surface area contributed by atoms with E-state index in [4.69, 9.17) is 0 Å². The van der Waals surface area contributed by atoms with E-state index in [1.807, 2.05) is 55.4 Å². The van der Waals surface area contributed by atoms with Gasteiger partial charge in [-0.2, -0.15) is 0 Å². The molecule has 232 valence electrons. The zero-order valence-electron chi connectivity index (χ0n) is 28.1. The minimum absolute atomic E-state index is 0.116. The minimum atomic E-state index is -0.396. The normalized spacial score (nSPS) is 16.2. The number of hydrogen-bond donors (Lipinski definition) is 1. The molecule has 1 aromatic carbocycles. The van der Waals surface area contributed by atoms with Crippen LogP contribution in [0.25, 0.3) is 0 Å². The molecule has 40 heavy (non-hydrogen) atoms. The van der Waals surface area contributed by atoms with E-state index in [-0.39, 0.29) is 34.5 Å². The first-order chi connectivity index (χ1) is 18.4. The first-order valence-corrected chi connectivity index (χ1v) is 14.5. The maximum Gasteiger partial charge on any atom is 0.317 e. The largest absolute Gasteiger partial charge is 0.469 e. The molecular formula is C33H59NO6. The van der Waals surface area contributed by atoms with Crippen LogP contribution < -0.4 is 5.32 Å². The molecule has 1 aliphatic rings. The van der Waals surface area contributed by atoms with Crippen LogP contribution in [-0.4, -0.2) is 38.0 Å². The van der Waals surface area contributed by atoms with E-state index < -0.39 is 11.9 Å². The van der Waals surface area contributed by atoms with Gasteiger partial charge >= 0.3 is 17.9 Å². The summed E-state index contributed by atoms with van der Waals surface area (Å²) >= 11 is 0. The van der Waals surface area contributed by atoms with Crippen molar-refractivity contribution in [2.75, 3.05) is 14.2 Å². The van der Waals surface area contributed by atoms with E-state index in [1.54, 1.807) is 20.9 Å². The minimum Gasteiger partial charge on any atom is -0.469 e. The molecule has 2 unspecified atom stereocenters. The lowest BCUT2D eigenvalue weighted by atomic mass is 9.82. The van der Waals surface area contributed by atoms with Crippen molar-refractivity contribution in [3.05, 3.63) is 35.9 Å². The third-order valence-corrected chi connectivity index (χ3v) is 7.48. The standard InChI is InChI=1S/C11H16.C7H15NO.C7H14O2.C6H8O3.C2H6/c1-4-11(2,3)10-8-6-5-7-9-10;1-5-7(2,3)6(9)8-4;1-5-7(2,3)6(8)9-4;1-3-4(2)6(8)9-5(3)7;1-2/h5-9H,4H2,1-3H3;5H2,1-4H3,(H,8,9);5H2,1-4H3;3-4H,1-2H3;1-2H3. The predicted molar refractivity (Wildman–Crippen MR) is 165 cm³/mol. The highest BCUT2D eigenvalue weighted by Crippen LogP contribution is 2.26. The monoisotopic (exact) mass is 565 g/mol. The van der Waals surface area contributed by atoms with Crippen LogP contribution in [-0.2, 0) is 34.1 Å². The highest BCUT2D eigenvalue weighted by molar-refractivity contribution is 5.95. The van der Waals surface area contributed by atoms with Crippen molar-refractivity contribution in [2.45, 2.75) is 115 Å². The molecule has 0 saturated carbocycles. The number of hydrogen-bond acceptors (Lipinski definition) is 6. The Morgan fingerprint density at radius 1 is 0.800 bits per heavy atom. The van der Waals surface area contributed by atoms with Crippen LogP contribution >= 0.6 is 0 Å². The maximum absolute atomic E-state index is 11.0. The van der Waals surface area contributed by atoms with Gasteiger partial charge in [0.25, 0.3) is 0 Å². The molecule has 1 aliphatic heterocycles. The Hall–Kier alpha value is -2.70. The summed E-state index contributed by atoms with van der Waals surface area (Å²) in [6, 6.07) is 10.7. The number of rotatable bonds is 6. The highest BCUT2D eigenvalue weighted by atomic mass is 16.6. The Bertz CT molecular complexity index is 828. The first-order valence-electron chi connectivity index (χ1n) is 14.5. The topological polar surface area (TPSA) is 98.8 Å². The summed E-state index contributed by atoms with van der Waals surface area (Å²) < 4.78 is 8.87. The van der Waals surface area contributed by atoms with Crippen molar-refractivity contribution < 1.29 is 28.7 Å². The molecule has 2 atom stereocenters. The van der Waals surface area contributed by atoms with Gasteiger partial charge in [0.2, 0.25) is 5.91 Å². The molecule has 7 heteroatoms. The summed E-state index contributed by atoms with van der Waals surface area (Å²) in [6.45, 7) is 25.8. The fourth-order valence-electron chi connectivity index (χ4n) is 2.71. The lowest BCUT2D eigenvalue weighted by molar-refractivity contribution is -0.154. The first kappa shape index (κ1) is 41.8. The summed E-state index contributed by atoms with van der Waals surface area (Å²) in [5.41, 5.74) is 1.26. The summed E-state index contributed by atoms with van der Waals surface area (Å²) in [4.78, 5) is 42.9. The van der Waals surface area contributed by atoms with Crippen LogP contribution in [0.1, 0.15) is 115 Å². The van der Waals surface area contributed by atoms with Crippen LogP contribution in [0, 0.1) is 22.7 Å². The summed E-state index contributed by atoms with van der Waals surface area (Å²) in [7, 11) is 3.08. The van der Waals surface area contributed by atoms with Crippen molar-refractivity contribution in [1.29, 1.82) is 0 Å². The molecule has 0 aliphatic carbocycles. The Labute approximate surface area is 245 Å². The molecule has 0 bridgehead atoms. The molecule has 0 radical (unpaired) electrons. The predicted octanol–water partition coefficient (Wildman–Crippen LogP) is 7.51. The van der Waals surface area contributed by atoms with E-state index in [1.165, 1.54) is 19.1 Å². The second-order valence-electron chi connectivity index (χ2n) is 11.5. The van der Waals surface area contributed by atoms with Crippen molar-refractivity contribution >= 4 is 23.8 Å². The van der Waals surface area contributed by atoms with Crippen LogP contribution in [0.3, 0.4) is 0 Å². The summed E-state index contributed by atoms with van der Waals surface area (Å²) in [5, 5.41) is 2.62. The third kappa shape index (κ3) is 15.2. The molecule has 2 rings (SSSR count). The summed E-state index contributed by atoms with van der Waals surface area (Å²) in [5.74, 6) is -1.31. The second-order valence-corrected chi connectivity index (χ2v) is 11.5. The zero-order chi connectivity index (χ0) is 32.3. The van der Waals surface area contributed by atoms with Gasteiger partial charge in [0.05, 0.1) is 24.4 Å². The van der Waals surface area contributed by atoms with Crippen molar-refractivity contribution in [3.63, 3.8) is 0 Å². The number of ether oxygens (including phenoxy) is 2. The number of cyclic esters (lactones) is 2. The van der Waals surface area contributed by atoms with Gasteiger partial charge in [-0.1, -0.05) is 106 Å². The van der Waals surface area contributed by atoms with Crippen LogP contribution in [0.2, 0.25) is 0 Å². The molecule has 1 saturated heterocycles. The molecule has 1 amide bonds. The molecular weight excluding hydrogens is 506 g/mol. The van der Waals surface area contributed by atoms with Gasteiger partial charge in [0.15, 0.2) is 0 Å². The number of esters is 3. The van der Waals surface area contributed by atoms with Crippen molar-refractivity contribution in [2.24, 2.45) is 22.7 Å². The summed E-state index contributed by atoms with van der Waals surface area (Å²) in [6.07, 6.45) is 2.89. The highest BCUT2D eigenvalue weighted by Gasteiger charge is 2.37. The second kappa shape index (κ2) is 20.2. The number of carbonyl (C=O) groups excluding carboxylic acids is 4.